The molecule has 1 saturated heterocycles. The zero-order chi connectivity index (χ0) is 19.1. The highest BCUT2D eigenvalue weighted by atomic mass is 16.2. The molecule has 2 N–H and O–H groups in total. The number of pyridine rings is 1. The van der Waals surface area contributed by atoms with Gasteiger partial charge in [0.1, 0.15) is 12.4 Å². The minimum absolute atomic E-state index is 0.179. The minimum Gasteiger partial charge on any atom is -0.350 e. The number of hydrogen-bond acceptors (Lipinski definition) is 6. The van der Waals surface area contributed by atoms with Crippen LogP contribution in [0.25, 0.3) is 0 Å². The van der Waals surface area contributed by atoms with Crippen LogP contribution in [-0.2, 0) is 17.8 Å². The first-order valence-electron chi connectivity index (χ1n) is 9.18. The largest absolute Gasteiger partial charge is 0.350 e. The molecule has 3 heterocycles. The molecule has 8 heteroatoms. The van der Waals surface area contributed by atoms with Gasteiger partial charge in [0.25, 0.3) is 5.91 Å². The zero-order valence-electron chi connectivity index (χ0n) is 15.4. The number of carbonyl (C=O) groups is 2. The molecule has 0 spiro atoms. The molecule has 8 nitrogen and oxygen atoms in total. The Hall–Kier alpha value is -2.87. The summed E-state index contributed by atoms with van der Waals surface area (Å²) in [6.45, 7) is 3.97. The van der Waals surface area contributed by atoms with E-state index in [0.717, 1.165) is 17.7 Å². The molecule has 0 aromatic carbocycles. The summed E-state index contributed by atoms with van der Waals surface area (Å²) in [6, 6.07) is 3.13. The third-order valence-electron chi connectivity index (χ3n) is 4.53. The molecule has 3 rings (SSSR count). The van der Waals surface area contributed by atoms with Crippen LogP contribution in [0, 0.1) is 0 Å². The second-order valence-corrected chi connectivity index (χ2v) is 6.42. The van der Waals surface area contributed by atoms with Gasteiger partial charge in [-0.05, 0) is 24.1 Å². The number of hydrogen-bond donors (Lipinski definition) is 2. The van der Waals surface area contributed by atoms with Gasteiger partial charge in [-0.2, -0.15) is 0 Å². The van der Waals surface area contributed by atoms with E-state index in [2.05, 4.69) is 25.6 Å². The van der Waals surface area contributed by atoms with Gasteiger partial charge in [-0.25, -0.2) is 9.97 Å². The van der Waals surface area contributed by atoms with Crippen molar-refractivity contribution in [3.63, 3.8) is 0 Å². The molecule has 1 atom stereocenters. The standard InChI is InChI=1S/C19H24N6O2/c1-2-3-16-15(11-22-13-24-16)19(27)25-9-8-21-12-17(25)18(26)23-10-14-4-6-20-7-5-14/h4-7,11,13,17,21H,2-3,8-10,12H2,1H3,(H,23,26)/t17-/m1/s1. The Balaban J connectivity index is 1.73. The second-order valence-electron chi connectivity index (χ2n) is 6.42. The fourth-order valence-corrected chi connectivity index (χ4v) is 3.11. The van der Waals surface area contributed by atoms with Crippen LogP contribution in [0.4, 0.5) is 0 Å². The SMILES string of the molecule is CCCc1ncncc1C(=O)N1CCNC[C@@H]1C(=O)NCc1ccncc1. The molecular weight excluding hydrogens is 344 g/mol. The van der Waals surface area contributed by atoms with E-state index < -0.39 is 6.04 Å². The van der Waals surface area contributed by atoms with Crippen molar-refractivity contribution in [1.82, 2.24) is 30.5 Å². The van der Waals surface area contributed by atoms with Crippen molar-refractivity contribution in [3.8, 4) is 0 Å². The minimum atomic E-state index is -0.567. The lowest BCUT2D eigenvalue weighted by Gasteiger charge is -2.35. The van der Waals surface area contributed by atoms with E-state index in [0.29, 0.717) is 38.2 Å². The maximum Gasteiger partial charge on any atom is 0.258 e. The highest BCUT2D eigenvalue weighted by Gasteiger charge is 2.33. The maximum absolute atomic E-state index is 13.1. The van der Waals surface area contributed by atoms with Crippen LogP contribution in [0.3, 0.4) is 0 Å². The van der Waals surface area contributed by atoms with Gasteiger partial charge in [0.2, 0.25) is 5.91 Å². The molecule has 2 aromatic rings. The first-order chi connectivity index (χ1) is 13.2. The third-order valence-corrected chi connectivity index (χ3v) is 4.53. The summed E-state index contributed by atoms with van der Waals surface area (Å²) < 4.78 is 0. The Morgan fingerprint density at radius 3 is 2.89 bits per heavy atom. The number of amides is 2. The maximum atomic E-state index is 13.1. The summed E-state index contributed by atoms with van der Waals surface area (Å²) >= 11 is 0. The molecule has 2 amide bonds. The van der Waals surface area contributed by atoms with Crippen molar-refractivity contribution < 1.29 is 9.59 Å². The molecule has 27 heavy (non-hydrogen) atoms. The van der Waals surface area contributed by atoms with E-state index in [4.69, 9.17) is 0 Å². The molecule has 1 aliphatic heterocycles. The molecule has 1 aliphatic rings. The predicted molar refractivity (Wildman–Crippen MR) is 99.8 cm³/mol. The summed E-state index contributed by atoms with van der Waals surface area (Å²) in [5.41, 5.74) is 2.17. The second kappa shape index (κ2) is 9.18. The van der Waals surface area contributed by atoms with Crippen molar-refractivity contribution in [3.05, 3.63) is 53.9 Å². The predicted octanol–water partition coefficient (Wildman–Crippen LogP) is 0.555. The molecule has 1 fully saturated rings. The Labute approximate surface area is 158 Å². The summed E-state index contributed by atoms with van der Waals surface area (Å²) in [5.74, 6) is -0.370. The fourth-order valence-electron chi connectivity index (χ4n) is 3.11. The molecule has 0 radical (unpaired) electrons. The van der Waals surface area contributed by atoms with Crippen LogP contribution in [-0.4, -0.2) is 57.3 Å². The van der Waals surface area contributed by atoms with Crippen molar-refractivity contribution in [2.45, 2.75) is 32.4 Å². The van der Waals surface area contributed by atoms with Crippen LogP contribution in [0.2, 0.25) is 0 Å². The first-order valence-corrected chi connectivity index (χ1v) is 9.18. The molecule has 0 bridgehead atoms. The van der Waals surface area contributed by atoms with Crippen LogP contribution < -0.4 is 10.6 Å². The summed E-state index contributed by atoms with van der Waals surface area (Å²) in [6.07, 6.45) is 7.96. The quantitative estimate of drug-likeness (QED) is 0.773. The van der Waals surface area contributed by atoms with Crippen molar-refractivity contribution in [2.75, 3.05) is 19.6 Å². The van der Waals surface area contributed by atoms with Crippen molar-refractivity contribution in [2.24, 2.45) is 0 Å². The highest BCUT2D eigenvalue weighted by molar-refractivity contribution is 5.98. The van der Waals surface area contributed by atoms with Gasteiger partial charge in [0.05, 0.1) is 11.3 Å². The number of piperazine rings is 1. The number of nitrogens with zero attached hydrogens (tertiary/aromatic N) is 4. The van der Waals surface area contributed by atoms with Crippen LogP contribution >= 0.6 is 0 Å². The van der Waals surface area contributed by atoms with Gasteiger partial charge in [0, 0.05) is 44.8 Å². The molecule has 142 valence electrons. The van der Waals surface area contributed by atoms with E-state index in [9.17, 15) is 9.59 Å². The van der Waals surface area contributed by atoms with Gasteiger partial charge >= 0.3 is 0 Å². The van der Waals surface area contributed by atoms with Crippen molar-refractivity contribution >= 4 is 11.8 Å². The lowest BCUT2D eigenvalue weighted by molar-refractivity contribution is -0.126. The van der Waals surface area contributed by atoms with E-state index in [1.807, 2.05) is 19.1 Å². The highest BCUT2D eigenvalue weighted by Crippen LogP contribution is 2.14. The topological polar surface area (TPSA) is 100 Å². The third kappa shape index (κ3) is 4.65. The van der Waals surface area contributed by atoms with E-state index in [1.165, 1.54) is 6.33 Å². The summed E-state index contributed by atoms with van der Waals surface area (Å²) in [7, 11) is 0. The average molecular weight is 368 g/mol. The van der Waals surface area contributed by atoms with Gasteiger partial charge in [-0.1, -0.05) is 13.3 Å². The molecule has 0 saturated carbocycles. The van der Waals surface area contributed by atoms with Crippen molar-refractivity contribution in [1.29, 1.82) is 0 Å². The van der Waals surface area contributed by atoms with Gasteiger partial charge in [-0.15, -0.1) is 0 Å². The Morgan fingerprint density at radius 2 is 2.11 bits per heavy atom. The fraction of sp³-hybridized carbons (Fsp3) is 0.421. The molecular formula is C19H24N6O2. The summed E-state index contributed by atoms with van der Waals surface area (Å²) in [4.78, 5) is 39.7. The number of nitrogens with one attached hydrogen (secondary N) is 2. The van der Waals surface area contributed by atoms with E-state index in [1.54, 1.807) is 23.5 Å². The molecule has 0 unspecified atom stereocenters. The van der Waals surface area contributed by atoms with Gasteiger partial charge < -0.3 is 15.5 Å². The molecule has 2 aromatic heterocycles. The Bertz CT molecular complexity index is 783. The number of aromatic nitrogens is 3. The Morgan fingerprint density at radius 1 is 1.30 bits per heavy atom. The number of carbonyl (C=O) groups excluding carboxylic acids is 2. The van der Waals surface area contributed by atoms with E-state index >= 15 is 0 Å². The van der Waals surface area contributed by atoms with Gasteiger partial charge in [0.15, 0.2) is 0 Å². The normalized spacial score (nSPS) is 16.8. The summed E-state index contributed by atoms with van der Waals surface area (Å²) in [5, 5.41) is 6.11. The lowest BCUT2D eigenvalue weighted by atomic mass is 10.1. The monoisotopic (exact) mass is 368 g/mol. The number of aryl methyl sites for hydroxylation is 1. The van der Waals surface area contributed by atoms with Gasteiger partial charge in [-0.3, -0.25) is 14.6 Å². The van der Waals surface area contributed by atoms with E-state index in [-0.39, 0.29) is 11.8 Å². The van der Waals surface area contributed by atoms with Crippen LogP contribution in [0.5, 0.6) is 0 Å². The lowest BCUT2D eigenvalue weighted by Crippen LogP contribution is -2.59. The molecule has 0 aliphatic carbocycles. The Kier molecular flexibility index (Phi) is 6.43. The number of rotatable bonds is 6. The van der Waals surface area contributed by atoms with Crippen LogP contribution in [0.15, 0.2) is 37.1 Å². The van der Waals surface area contributed by atoms with Crippen LogP contribution in [0.1, 0.15) is 35.0 Å². The smallest absolute Gasteiger partial charge is 0.258 e. The first kappa shape index (κ1) is 18.9. The average Bonchev–Trinajstić information content (AvgIpc) is 2.73. The zero-order valence-corrected chi connectivity index (χ0v) is 15.4.